The van der Waals surface area contributed by atoms with E-state index in [9.17, 15) is 18.8 Å². The van der Waals surface area contributed by atoms with Gasteiger partial charge in [0, 0.05) is 40.3 Å². The van der Waals surface area contributed by atoms with Crippen molar-refractivity contribution in [3.05, 3.63) is 104 Å². The van der Waals surface area contributed by atoms with Crippen LogP contribution in [-0.4, -0.2) is 21.2 Å². The van der Waals surface area contributed by atoms with E-state index in [1.807, 2.05) is 6.92 Å². The molecule has 0 aliphatic rings. The summed E-state index contributed by atoms with van der Waals surface area (Å²) in [4.78, 5) is 42.8. The minimum absolute atomic E-state index is 0.120. The predicted molar refractivity (Wildman–Crippen MR) is 125 cm³/mol. The average Bonchev–Trinajstić information content (AvgIpc) is 2.79. The molecule has 0 radical (unpaired) electrons. The molecule has 0 aliphatic heterocycles. The maximum absolute atomic E-state index is 14.3. The van der Waals surface area contributed by atoms with Crippen molar-refractivity contribution in [1.29, 1.82) is 0 Å². The Morgan fingerprint density at radius 3 is 2.48 bits per heavy atom. The summed E-state index contributed by atoms with van der Waals surface area (Å²) < 4.78 is 15.7. The summed E-state index contributed by atoms with van der Waals surface area (Å²) in [7, 11) is 0. The Morgan fingerprint density at radius 1 is 1.06 bits per heavy atom. The van der Waals surface area contributed by atoms with Gasteiger partial charge in [-0.25, -0.2) is 4.39 Å². The third-order valence-corrected chi connectivity index (χ3v) is 5.72. The SMILES string of the molecule is Cc1cc2c(=O)c(C(=O)c3ccncc3)cn(CC(=O)Nc3ccc(C)c(Cl)c3)c2cc1F. The van der Waals surface area contributed by atoms with Gasteiger partial charge in [-0.2, -0.15) is 0 Å². The van der Waals surface area contributed by atoms with E-state index in [4.69, 9.17) is 11.6 Å². The highest BCUT2D eigenvalue weighted by atomic mass is 35.5. The minimum Gasteiger partial charge on any atom is -0.337 e. The Labute approximate surface area is 193 Å². The van der Waals surface area contributed by atoms with Crippen molar-refractivity contribution in [2.24, 2.45) is 0 Å². The van der Waals surface area contributed by atoms with Gasteiger partial charge in [0.2, 0.25) is 11.3 Å². The standard InChI is InChI=1S/C25H19ClFN3O3/c1-14-3-4-17(10-20(14)26)29-23(31)13-30-12-19(24(32)16-5-7-28-8-6-16)25(33)18-9-15(2)21(27)11-22(18)30/h3-12H,13H2,1-2H3,(H,29,31). The van der Waals surface area contributed by atoms with Crippen LogP contribution in [0.2, 0.25) is 5.02 Å². The number of aromatic nitrogens is 2. The average molecular weight is 464 g/mol. The molecule has 0 saturated heterocycles. The normalized spacial score (nSPS) is 10.9. The van der Waals surface area contributed by atoms with Crippen molar-refractivity contribution < 1.29 is 14.0 Å². The lowest BCUT2D eigenvalue weighted by molar-refractivity contribution is -0.116. The van der Waals surface area contributed by atoms with Gasteiger partial charge in [-0.1, -0.05) is 17.7 Å². The molecule has 6 nitrogen and oxygen atoms in total. The molecule has 1 amide bonds. The Kier molecular flexibility index (Phi) is 6.07. The van der Waals surface area contributed by atoms with Crippen LogP contribution in [0.3, 0.4) is 0 Å². The van der Waals surface area contributed by atoms with Gasteiger partial charge < -0.3 is 9.88 Å². The van der Waals surface area contributed by atoms with Gasteiger partial charge in [0.1, 0.15) is 12.4 Å². The Balaban J connectivity index is 1.78. The highest BCUT2D eigenvalue weighted by molar-refractivity contribution is 6.31. The molecule has 4 aromatic rings. The van der Waals surface area contributed by atoms with Gasteiger partial charge in [0.05, 0.1) is 11.1 Å². The summed E-state index contributed by atoms with van der Waals surface area (Å²) in [5.41, 5.74) is 1.47. The van der Waals surface area contributed by atoms with E-state index >= 15 is 0 Å². The van der Waals surface area contributed by atoms with E-state index in [0.717, 1.165) is 5.56 Å². The summed E-state index contributed by atoms with van der Waals surface area (Å²) in [5.74, 6) is -1.46. The second-order valence-corrected chi connectivity index (χ2v) is 8.10. The van der Waals surface area contributed by atoms with Crippen LogP contribution in [0.25, 0.3) is 10.9 Å². The van der Waals surface area contributed by atoms with Gasteiger partial charge in [-0.3, -0.25) is 19.4 Å². The van der Waals surface area contributed by atoms with Crippen LogP contribution in [0.4, 0.5) is 10.1 Å². The Morgan fingerprint density at radius 2 is 1.79 bits per heavy atom. The molecule has 1 N–H and O–H groups in total. The zero-order valence-electron chi connectivity index (χ0n) is 17.9. The molecule has 166 valence electrons. The molecule has 0 atom stereocenters. The number of anilines is 1. The van der Waals surface area contributed by atoms with Crippen LogP contribution in [-0.2, 0) is 11.3 Å². The van der Waals surface area contributed by atoms with E-state index in [2.05, 4.69) is 10.3 Å². The van der Waals surface area contributed by atoms with E-state index in [-0.39, 0.29) is 34.1 Å². The van der Waals surface area contributed by atoms with E-state index in [0.29, 0.717) is 10.7 Å². The number of amides is 1. The second kappa shape index (κ2) is 8.96. The zero-order chi connectivity index (χ0) is 23.7. The highest BCUT2D eigenvalue weighted by Gasteiger charge is 2.19. The fourth-order valence-corrected chi connectivity index (χ4v) is 3.68. The summed E-state index contributed by atoms with van der Waals surface area (Å²) in [6.45, 7) is 3.13. The van der Waals surface area contributed by atoms with Crippen LogP contribution in [0.15, 0.2) is 65.8 Å². The lowest BCUT2D eigenvalue weighted by Gasteiger charge is -2.14. The number of carbonyl (C=O) groups is 2. The molecule has 0 saturated carbocycles. The quantitative estimate of drug-likeness (QED) is 0.436. The zero-order valence-corrected chi connectivity index (χ0v) is 18.6. The molecule has 2 heterocycles. The van der Waals surface area contributed by atoms with Crippen molar-refractivity contribution in [2.75, 3.05) is 5.32 Å². The van der Waals surface area contributed by atoms with Crippen molar-refractivity contribution in [3.8, 4) is 0 Å². The molecular weight excluding hydrogens is 445 g/mol. The first-order valence-corrected chi connectivity index (χ1v) is 10.5. The topological polar surface area (TPSA) is 81.1 Å². The van der Waals surface area contributed by atoms with E-state index in [1.54, 1.807) is 18.2 Å². The van der Waals surface area contributed by atoms with E-state index < -0.39 is 22.9 Å². The number of pyridine rings is 2. The summed E-state index contributed by atoms with van der Waals surface area (Å²) in [6.07, 6.45) is 4.20. The largest absolute Gasteiger partial charge is 0.337 e. The number of ketones is 1. The monoisotopic (exact) mass is 463 g/mol. The Bertz CT molecular complexity index is 1470. The molecule has 4 rings (SSSR count). The number of fused-ring (bicyclic) bond motifs is 1. The van der Waals surface area contributed by atoms with Gasteiger partial charge in [0.15, 0.2) is 5.78 Å². The van der Waals surface area contributed by atoms with Crippen molar-refractivity contribution >= 4 is 39.9 Å². The highest BCUT2D eigenvalue weighted by Crippen LogP contribution is 2.21. The van der Waals surface area contributed by atoms with Crippen LogP contribution in [0.1, 0.15) is 27.0 Å². The summed E-state index contributed by atoms with van der Waals surface area (Å²) >= 11 is 6.12. The first-order chi connectivity index (χ1) is 15.7. The van der Waals surface area contributed by atoms with Crippen LogP contribution in [0, 0.1) is 19.7 Å². The summed E-state index contributed by atoms with van der Waals surface area (Å²) in [6, 6.07) is 10.7. The van der Waals surface area contributed by atoms with Crippen molar-refractivity contribution in [3.63, 3.8) is 0 Å². The van der Waals surface area contributed by atoms with Crippen LogP contribution in [0.5, 0.6) is 0 Å². The molecular formula is C25H19ClFN3O3. The number of halogens is 2. The maximum atomic E-state index is 14.3. The number of nitrogens with zero attached hydrogens (tertiary/aromatic N) is 2. The molecule has 8 heteroatoms. The number of rotatable bonds is 5. The summed E-state index contributed by atoms with van der Waals surface area (Å²) in [5, 5.41) is 3.39. The lowest BCUT2D eigenvalue weighted by atomic mass is 10.0. The predicted octanol–water partition coefficient (Wildman–Crippen LogP) is 4.68. The maximum Gasteiger partial charge on any atom is 0.244 e. The van der Waals surface area contributed by atoms with Crippen molar-refractivity contribution in [1.82, 2.24) is 9.55 Å². The number of hydrogen-bond acceptors (Lipinski definition) is 4. The van der Waals surface area contributed by atoms with E-state index in [1.165, 1.54) is 54.3 Å². The number of aryl methyl sites for hydroxylation is 2. The van der Waals surface area contributed by atoms with Crippen LogP contribution < -0.4 is 10.7 Å². The second-order valence-electron chi connectivity index (χ2n) is 7.70. The number of carbonyl (C=O) groups excluding carboxylic acids is 2. The molecule has 0 aliphatic carbocycles. The molecule has 0 unspecified atom stereocenters. The number of hydrogen-bond donors (Lipinski definition) is 1. The van der Waals surface area contributed by atoms with Gasteiger partial charge in [0.25, 0.3) is 0 Å². The molecule has 2 aromatic carbocycles. The number of benzene rings is 2. The first-order valence-electron chi connectivity index (χ1n) is 10.1. The van der Waals surface area contributed by atoms with Gasteiger partial charge in [-0.15, -0.1) is 0 Å². The lowest BCUT2D eigenvalue weighted by Crippen LogP contribution is -2.24. The minimum atomic E-state index is -0.531. The first kappa shape index (κ1) is 22.4. The molecule has 0 spiro atoms. The van der Waals surface area contributed by atoms with Crippen molar-refractivity contribution in [2.45, 2.75) is 20.4 Å². The molecule has 0 fully saturated rings. The van der Waals surface area contributed by atoms with Gasteiger partial charge >= 0.3 is 0 Å². The third-order valence-electron chi connectivity index (χ3n) is 5.32. The van der Waals surface area contributed by atoms with Crippen LogP contribution >= 0.6 is 11.6 Å². The van der Waals surface area contributed by atoms with Gasteiger partial charge in [-0.05, 0) is 61.4 Å². The smallest absolute Gasteiger partial charge is 0.244 e. The molecule has 2 aromatic heterocycles. The molecule has 33 heavy (non-hydrogen) atoms. The Hall–Kier alpha value is -3.84. The fourth-order valence-electron chi connectivity index (χ4n) is 3.50. The third kappa shape index (κ3) is 4.54. The fraction of sp³-hybridized carbons (Fsp3) is 0.120. The molecule has 0 bridgehead atoms. The number of nitrogens with one attached hydrogen (secondary N) is 1.